The number of alkyl halides is 2. The molecular formula is C10H17F3. The second-order valence-corrected chi connectivity index (χ2v) is 4.02. The van der Waals surface area contributed by atoms with Crippen molar-refractivity contribution in [3.63, 3.8) is 0 Å². The van der Waals surface area contributed by atoms with Crippen molar-refractivity contribution in [2.45, 2.75) is 40.0 Å². The predicted molar refractivity (Wildman–Crippen MR) is 48.4 cm³/mol. The molecule has 78 valence electrons. The molecule has 0 atom stereocenters. The predicted octanol–water partition coefficient (Wildman–Crippen LogP) is 4.18. The molecule has 0 N–H and O–H groups in total. The third kappa shape index (κ3) is 4.96. The van der Waals surface area contributed by atoms with Crippen LogP contribution in [0.25, 0.3) is 0 Å². The summed E-state index contributed by atoms with van der Waals surface area (Å²) >= 11 is 0. The van der Waals surface area contributed by atoms with Gasteiger partial charge in [0.05, 0.1) is 0 Å². The summed E-state index contributed by atoms with van der Waals surface area (Å²) in [6, 6.07) is 0. The maximum absolute atomic E-state index is 12.9. The molecule has 0 fully saturated rings. The van der Waals surface area contributed by atoms with Gasteiger partial charge in [-0.3, -0.25) is 0 Å². The molecule has 0 unspecified atom stereocenters. The van der Waals surface area contributed by atoms with Crippen LogP contribution in [0.1, 0.15) is 34.1 Å². The first kappa shape index (κ1) is 12.5. The smallest absolute Gasteiger partial charge is 0.212 e. The summed E-state index contributed by atoms with van der Waals surface area (Å²) in [4.78, 5) is 0. The van der Waals surface area contributed by atoms with Gasteiger partial charge in [-0.25, -0.2) is 13.2 Å². The lowest BCUT2D eigenvalue weighted by Crippen LogP contribution is -2.20. The van der Waals surface area contributed by atoms with Crippen molar-refractivity contribution in [1.29, 1.82) is 0 Å². The molecule has 0 aromatic carbocycles. The van der Waals surface area contributed by atoms with Gasteiger partial charge in [-0.15, -0.1) is 0 Å². The van der Waals surface area contributed by atoms with Crippen LogP contribution in [0.3, 0.4) is 0 Å². The molecule has 13 heavy (non-hydrogen) atoms. The van der Waals surface area contributed by atoms with Crippen LogP contribution in [0.4, 0.5) is 13.2 Å². The lowest BCUT2D eigenvalue weighted by Gasteiger charge is -2.16. The van der Waals surface area contributed by atoms with Crippen LogP contribution in [-0.2, 0) is 0 Å². The zero-order valence-corrected chi connectivity index (χ0v) is 8.57. The van der Waals surface area contributed by atoms with Crippen molar-refractivity contribution in [1.82, 2.24) is 0 Å². The van der Waals surface area contributed by atoms with Crippen LogP contribution in [0.5, 0.6) is 0 Å². The molecule has 0 heterocycles. The average Bonchev–Trinajstić information content (AvgIpc) is 1.82. The summed E-state index contributed by atoms with van der Waals surface area (Å²) in [6.45, 7) is 6.33. The van der Waals surface area contributed by atoms with Crippen molar-refractivity contribution in [2.24, 2.45) is 11.8 Å². The molecule has 0 radical (unpaired) electrons. The minimum atomic E-state index is -3.03. The molecule has 0 rings (SSSR count). The topological polar surface area (TPSA) is 0 Å². The minimum absolute atomic E-state index is 0.0687. The average molecular weight is 194 g/mol. The summed E-state index contributed by atoms with van der Waals surface area (Å²) in [5.41, 5.74) is 0. The number of rotatable bonds is 4. The van der Waals surface area contributed by atoms with Gasteiger partial charge in [-0.2, -0.15) is 0 Å². The summed E-state index contributed by atoms with van der Waals surface area (Å²) in [5, 5.41) is 0. The first-order chi connectivity index (χ1) is 5.75. The molecule has 0 aliphatic rings. The van der Waals surface area contributed by atoms with Gasteiger partial charge in [0.1, 0.15) is 5.83 Å². The van der Waals surface area contributed by atoms with E-state index >= 15 is 0 Å². The van der Waals surface area contributed by atoms with E-state index in [9.17, 15) is 13.2 Å². The maximum atomic E-state index is 12.9. The lowest BCUT2D eigenvalue weighted by molar-refractivity contribution is 0.00398. The third-order valence-electron chi connectivity index (χ3n) is 1.72. The Morgan fingerprint density at radius 3 is 2.00 bits per heavy atom. The normalized spacial score (nSPS) is 14.4. The SMILES string of the molecule is CC(C)C/C(F)=C\C(F)(F)C(C)C. The van der Waals surface area contributed by atoms with Crippen molar-refractivity contribution in [3.8, 4) is 0 Å². The van der Waals surface area contributed by atoms with Gasteiger partial charge in [0, 0.05) is 18.4 Å². The van der Waals surface area contributed by atoms with Crippen molar-refractivity contribution in [3.05, 3.63) is 11.9 Å². The molecule has 0 bridgehead atoms. The van der Waals surface area contributed by atoms with Crippen LogP contribution in [0.15, 0.2) is 11.9 Å². The summed E-state index contributed by atoms with van der Waals surface area (Å²) in [6.07, 6.45) is 0.528. The van der Waals surface area contributed by atoms with E-state index in [0.29, 0.717) is 6.08 Å². The fourth-order valence-electron chi connectivity index (χ4n) is 0.824. The second kappa shape index (κ2) is 4.68. The van der Waals surface area contributed by atoms with E-state index in [-0.39, 0.29) is 12.3 Å². The van der Waals surface area contributed by atoms with E-state index in [1.54, 1.807) is 13.8 Å². The highest BCUT2D eigenvalue weighted by Gasteiger charge is 2.31. The molecule has 0 aliphatic carbocycles. The van der Waals surface area contributed by atoms with Gasteiger partial charge < -0.3 is 0 Å². The Hall–Kier alpha value is -0.470. The van der Waals surface area contributed by atoms with Crippen LogP contribution in [0, 0.1) is 11.8 Å². The molecular weight excluding hydrogens is 177 g/mol. The van der Waals surface area contributed by atoms with Crippen LogP contribution >= 0.6 is 0 Å². The van der Waals surface area contributed by atoms with Crippen molar-refractivity contribution in [2.75, 3.05) is 0 Å². The lowest BCUT2D eigenvalue weighted by atomic mass is 10.0. The highest BCUT2D eigenvalue weighted by molar-refractivity contribution is 5.02. The van der Waals surface area contributed by atoms with Gasteiger partial charge in [0.25, 0.3) is 5.92 Å². The monoisotopic (exact) mass is 194 g/mol. The van der Waals surface area contributed by atoms with E-state index in [0.717, 1.165) is 0 Å². The summed E-state index contributed by atoms with van der Waals surface area (Å²) < 4.78 is 38.8. The molecule has 0 spiro atoms. The molecule has 0 aliphatic heterocycles. The van der Waals surface area contributed by atoms with E-state index in [4.69, 9.17) is 0 Å². The number of halogens is 3. The van der Waals surface area contributed by atoms with Gasteiger partial charge >= 0.3 is 0 Å². The van der Waals surface area contributed by atoms with Gasteiger partial charge in [-0.05, 0) is 5.92 Å². The Balaban J connectivity index is 4.36. The first-order valence-electron chi connectivity index (χ1n) is 4.50. The Morgan fingerprint density at radius 2 is 1.69 bits per heavy atom. The number of allylic oxidation sites excluding steroid dienone is 2. The molecule has 0 aromatic heterocycles. The van der Waals surface area contributed by atoms with Gasteiger partial charge in [0.15, 0.2) is 0 Å². The van der Waals surface area contributed by atoms with E-state index in [1.165, 1.54) is 13.8 Å². The van der Waals surface area contributed by atoms with E-state index in [2.05, 4.69) is 0 Å². The zero-order chi connectivity index (χ0) is 10.6. The number of hydrogen-bond donors (Lipinski definition) is 0. The van der Waals surface area contributed by atoms with Crippen LogP contribution in [0.2, 0.25) is 0 Å². The summed E-state index contributed by atoms with van der Waals surface area (Å²) in [5.74, 6) is -4.53. The molecule has 0 nitrogen and oxygen atoms in total. The van der Waals surface area contributed by atoms with Gasteiger partial charge in [0.2, 0.25) is 0 Å². The molecule has 3 heteroatoms. The largest absolute Gasteiger partial charge is 0.271 e. The Morgan fingerprint density at radius 1 is 1.23 bits per heavy atom. The third-order valence-corrected chi connectivity index (χ3v) is 1.72. The van der Waals surface area contributed by atoms with Crippen molar-refractivity contribution < 1.29 is 13.2 Å². The molecule has 0 amide bonds. The second-order valence-electron chi connectivity index (χ2n) is 4.02. The van der Waals surface area contributed by atoms with E-state index in [1.807, 2.05) is 0 Å². The standard InChI is InChI=1S/C10H17F3/c1-7(2)5-9(11)6-10(12,13)8(3)4/h6-8H,5H2,1-4H3/b9-6+. The number of hydrogen-bond acceptors (Lipinski definition) is 0. The Kier molecular flexibility index (Phi) is 4.51. The molecule has 0 saturated heterocycles. The minimum Gasteiger partial charge on any atom is -0.212 e. The Labute approximate surface area is 77.8 Å². The fourth-order valence-corrected chi connectivity index (χ4v) is 0.824. The molecule has 0 saturated carbocycles. The van der Waals surface area contributed by atoms with Gasteiger partial charge in [-0.1, -0.05) is 27.7 Å². The highest BCUT2D eigenvalue weighted by Crippen LogP contribution is 2.28. The van der Waals surface area contributed by atoms with Crippen LogP contribution < -0.4 is 0 Å². The summed E-state index contributed by atoms with van der Waals surface area (Å²) in [7, 11) is 0. The highest BCUT2D eigenvalue weighted by atomic mass is 19.3. The maximum Gasteiger partial charge on any atom is 0.271 e. The fraction of sp³-hybridized carbons (Fsp3) is 0.800. The van der Waals surface area contributed by atoms with E-state index < -0.39 is 17.7 Å². The Bertz CT molecular complexity index is 181. The first-order valence-corrected chi connectivity index (χ1v) is 4.50. The van der Waals surface area contributed by atoms with Crippen LogP contribution in [-0.4, -0.2) is 5.92 Å². The zero-order valence-electron chi connectivity index (χ0n) is 8.57. The van der Waals surface area contributed by atoms with Crippen molar-refractivity contribution >= 4 is 0 Å². The molecule has 0 aromatic rings. The quantitative estimate of drug-likeness (QED) is 0.629.